The van der Waals surface area contributed by atoms with E-state index in [9.17, 15) is 14.4 Å². The highest BCUT2D eigenvalue weighted by atomic mass is 16.2. The molecule has 6 nitrogen and oxygen atoms in total. The van der Waals surface area contributed by atoms with Gasteiger partial charge in [0.15, 0.2) is 0 Å². The van der Waals surface area contributed by atoms with Gasteiger partial charge in [-0.3, -0.25) is 14.4 Å². The summed E-state index contributed by atoms with van der Waals surface area (Å²) in [7, 11) is 0. The molecule has 1 saturated heterocycles. The summed E-state index contributed by atoms with van der Waals surface area (Å²) in [5.74, 6) is -0.450. The van der Waals surface area contributed by atoms with E-state index in [0.717, 1.165) is 12.0 Å². The third-order valence-electron chi connectivity index (χ3n) is 4.50. The molecule has 2 unspecified atom stereocenters. The molecule has 0 saturated carbocycles. The minimum atomic E-state index is -0.329. The van der Waals surface area contributed by atoms with Crippen LogP contribution in [0.1, 0.15) is 44.7 Å². The van der Waals surface area contributed by atoms with Gasteiger partial charge in [0.05, 0.1) is 12.0 Å². The Morgan fingerprint density at radius 2 is 1.88 bits per heavy atom. The van der Waals surface area contributed by atoms with E-state index >= 15 is 0 Å². The standard InChI is InChI=1S/C19H27N3O3/c1-3-7-17(23)20-10-11-21-19(25)16-12-18(24)22(13-16)14(2)15-8-5-4-6-9-15/h4-6,8-9,14,16H,3,7,10-13H2,1-2H3,(H,20,23)(H,21,25). The van der Waals surface area contributed by atoms with Crippen molar-refractivity contribution < 1.29 is 14.4 Å². The molecule has 0 spiro atoms. The molecule has 25 heavy (non-hydrogen) atoms. The predicted octanol–water partition coefficient (Wildman–Crippen LogP) is 1.63. The molecule has 0 aliphatic carbocycles. The smallest absolute Gasteiger partial charge is 0.225 e. The van der Waals surface area contributed by atoms with Crippen LogP contribution >= 0.6 is 0 Å². The minimum Gasteiger partial charge on any atom is -0.354 e. The number of amides is 3. The third-order valence-corrected chi connectivity index (χ3v) is 4.50. The van der Waals surface area contributed by atoms with Crippen LogP contribution in [0, 0.1) is 5.92 Å². The van der Waals surface area contributed by atoms with Crippen molar-refractivity contribution >= 4 is 17.7 Å². The summed E-state index contributed by atoms with van der Waals surface area (Å²) in [5, 5.41) is 5.57. The minimum absolute atomic E-state index is 0.00402. The van der Waals surface area contributed by atoms with E-state index in [4.69, 9.17) is 0 Å². The van der Waals surface area contributed by atoms with Gasteiger partial charge < -0.3 is 15.5 Å². The normalized spacial score (nSPS) is 18.1. The lowest BCUT2D eigenvalue weighted by atomic mass is 10.1. The van der Waals surface area contributed by atoms with Crippen molar-refractivity contribution in [1.82, 2.24) is 15.5 Å². The molecule has 1 heterocycles. The van der Waals surface area contributed by atoms with Crippen molar-refractivity contribution in [2.45, 2.75) is 39.2 Å². The van der Waals surface area contributed by atoms with Gasteiger partial charge in [-0.05, 0) is 18.9 Å². The van der Waals surface area contributed by atoms with Gasteiger partial charge in [0.1, 0.15) is 0 Å². The highest BCUT2D eigenvalue weighted by Gasteiger charge is 2.36. The summed E-state index contributed by atoms with van der Waals surface area (Å²) in [6.45, 7) is 5.16. The maximum Gasteiger partial charge on any atom is 0.225 e. The number of rotatable bonds is 8. The molecular formula is C19H27N3O3. The number of hydrogen-bond acceptors (Lipinski definition) is 3. The van der Waals surface area contributed by atoms with E-state index in [0.29, 0.717) is 26.1 Å². The molecule has 1 aromatic rings. The number of nitrogens with zero attached hydrogens (tertiary/aromatic N) is 1. The van der Waals surface area contributed by atoms with Crippen molar-refractivity contribution in [3.05, 3.63) is 35.9 Å². The van der Waals surface area contributed by atoms with Crippen LogP contribution in [0.3, 0.4) is 0 Å². The molecule has 136 valence electrons. The summed E-state index contributed by atoms with van der Waals surface area (Å²) in [6, 6.07) is 9.78. The van der Waals surface area contributed by atoms with Crippen LogP contribution in [0.15, 0.2) is 30.3 Å². The molecule has 2 atom stereocenters. The van der Waals surface area contributed by atoms with Crippen molar-refractivity contribution in [1.29, 1.82) is 0 Å². The van der Waals surface area contributed by atoms with E-state index < -0.39 is 0 Å². The first-order valence-electron chi connectivity index (χ1n) is 8.91. The van der Waals surface area contributed by atoms with Crippen molar-refractivity contribution in [3.63, 3.8) is 0 Å². The fourth-order valence-electron chi connectivity index (χ4n) is 3.04. The second kappa shape index (κ2) is 9.20. The van der Waals surface area contributed by atoms with E-state index in [2.05, 4.69) is 10.6 Å². The number of benzene rings is 1. The van der Waals surface area contributed by atoms with Crippen molar-refractivity contribution in [2.24, 2.45) is 5.92 Å². The first kappa shape index (κ1) is 19.0. The molecule has 1 aromatic carbocycles. The zero-order chi connectivity index (χ0) is 18.2. The van der Waals surface area contributed by atoms with Gasteiger partial charge in [0, 0.05) is 32.5 Å². The van der Waals surface area contributed by atoms with Crippen LogP contribution in [0.4, 0.5) is 0 Å². The molecule has 1 aliphatic heterocycles. The summed E-state index contributed by atoms with van der Waals surface area (Å²) in [6.07, 6.45) is 1.54. The molecule has 0 aromatic heterocycles. The van der Waals surface area contributed by atoms with Gasteiger partial charge in [-0.15, -0.1) is 0 Å². The topological polar surface area (TPSA) is 78.5 Å². The third kappa shape index (κ3) is 5.31. The Balaban J connectivity index is 1.79. The van der Waals surface area contributed by atoms with Gasteiger partial charge in [-0.2, -0.15) is 0 Å². The second-order valence-electron chi connectivity index (χ2n) is 6.42. The molecule has 2 rings (SSSR count). The summed E-state index contributed by atoms with van der Waals surface area (Å²) >= 11 is 0. The van der Waals surface area contributed by atoms with Gasteiger partial charge in [-0.1, -0.05) is 37.3 Å². The lowest BCUT2D eigenvalue weighted by Gasteiger charge is -2.25. The van der Waals surface area contributed by atoms with Crippen LogP contribution < -0.4 is 10.6 Å². The van der Waals surface area contributed by atoms with E-state index in [1.807, 2.05) is 44.2 Å². The predicted molar refractivity (Wildman–Crippen MR) is 95.6 cm³/mol. The Morgan fingerprint density at radius 3 is 2.56 bits per heavy atom. The zero-order valence-electron chi connectivity index (χ0n) is 15.0. The SMILES string of the molecule is CCCC(=O)NCCNC(=O)C1CC(=O)N(C(C)c2ccccc2)C1. The Kier molecular flexibility index (Phi) is 6.98. The van der Waals surface area contributed by atoms with Gasteiger partial charge in [0.2, 0.25) is 17.7 Å². The van der Waals surface area contributed by atoms with Crippen molar-refractivity contribution in [2.75, 3.05) is 19.6 Å². The van der Waals surface area contributed by atoms with Gasteiger partial charge in [-0.25, -0.2) is 0 Å². The number of carbonyl (C=O) groups is 3. The summed E-state index contributed by atoms with van der Waals surface area (Å²) in [5.41, 5.74) is 1.07. The van der Waals surface area contributed by atoms with Crippen LogP contribution in [0.5, 0.6) is 0 Å². The van der Waals surface area contributed by atoms with E-state index in [1.165, 1.54) is 0 Å². The lowest BCUT2D eigenvalue weighted by Crippen LogP contribution is -2.38. The highest BCUT2D eigenvalue weighted by Crippen LogP contribution is 2.28. The van der Waals surface area contributed by atoms with E-state index in [-0.39, 0.29) is 36.1 Å². The van der Waals surface area contributed by atoms with Crippen LogP contribution in [0.2, 0.25) is 0 Å². The number of hydrogen-bond donors (Lipinski definition) is 2. The fourth-order valence-corrected chi connectivity index (χ4v) is 3.04. The molecule has 0 bridgehead atoms. The van der Waals surface area contributed by atoms with Crippen LogP contribution in [-0.2, 0) is 14.4 Å². The van der Waals surface area contributed by atoms with Gasteiger partial charge >= 0.3 is 0 Å². The molecule has 1 fully saturated rings. The molecule has 6 heteroatoms. The highest BCUT2D eigenvalue weighted by molar-refractivity contribution is 5.89. The molecule has 0 radical (unpaired) electrons. The Bertz CT molecular complexity index is 603. The summed E-state index contributed by atoms with van der Waals surface area (Å²) < 4.78 is 0. The number of nitrogens with one attached hydrogen (secondary N) is 2. The first-order chi connectivity index (χ1) is 12.0. The van der Waals surface area contributed by atoms with Crippen LogP contribution in [0.25, 0.3) is 0 Å². The number of carbonyl (C=O) groups excluding carboxylic acids is 3. The lowest BCUT2D eigenvalue weighted by molar-refractivity contribution is -0.130. The zero-order valence-corrected chi connectivity index (χ0v) is 15.0. The maximum atomic E-state index is 12.3. The summed E-state index contributed by atoms with van der Waals surface area (Å²) in [4.78, 5) is 37.7. The molecule has 2 N–H and O–H groups in total. The second-order valence-corrected chi connectivity index (χ2v) is 6.42. The Labute approximate surface area is 149 Å². The van der Waals surface area contributed by atoms with Gasteiger partial charge in [0.25, 0.3) is 0 Å². The van der Waals surface area contributed by atoms with E-state index in [1.54, 1.807) is 4.90 Å². The molecule has 3 amide bonds. The number of likely N-dealkylation sites (tertiary alicyclic amines) is 1. The molecular weight excluding hydrogens is 318 g/mol. The fraction of sp³-hybridized carbons (Fsp3) is 0.526. The average molecular weight is 345 g/mol. The largest absolute Gasteiger partial charge is 0.354 e. The van der Waals surface area contributed by atoms with Crippen LogP contribution in [-0.4, -0.2) is 42.3 Å². The Hall–Kier alpha value is -2.37. The average Bonchev–Trinajstić information content (AvgIpc) is 3.01. The first-order valence-corrected chi connectivity index (χ1v) is 8.91. The molecule has 1 aliphatic rings. The maximum absolute atomic E-state index is 12.3. The Morgan fingerprint density at radius 1 is 1.20 bits per heavy atom. The van der Waals surface area contributed by atoms with Crippen molar-refractivity contribution in [3.8, 4) is 0 Å². The quantitative estimate of drug-likeness (QED) is 0.703. The monoisotopic (exact) mass is 345 g/mol.